The zero-order chi connectivity index (χ0) is 5.11. The molecule has 0 aromatic rings. The summed E-state index contributed by atoms with van der Waals surface area (Å²) in [6.45, 7) is 2.51. The molecule has 1 rings (SSSR count). The summed E-state index contributed by atoms with van der Waals surface area (Å²) in [6.07, 6.45) is 0. The fourth-order valence-corrected chi connectivity index (χ4v) is 1.33. The third kappa shape index (κ3) is 1.67. The second kappa shape index (κ2) is 2.55. The number of rotatable bonds is 0. The second-order valence-corrected chi connectivity index (χ2v) is 2.65. The lowest BCUT2D eigenvalue weighted by molar-refractivity contribution is -0.811. The van der Waals surface area contributed by atoms with Crippen LogP contribution in [-0.2, 0) is 0 Å². The van der Waals surface area contributed by atoms with E-state index in [-0.39, 0.29) is 0 Å². The van der Waals surface area contributed by atoms with Crippen molar-refractivity contribution in [3.63, 3.8) is 0 Å². The van der Waals surface area contributed by atoms with Crippen molar-refractivity contribution in [3.05, 3.63) is 11.8 Å². The largest absolute Gasteiger partial charge is 0.634 e. The maximum atomic E-state index is 10.4. The maximum absolute atomic E-state index is 10.4. The van der Waals surface area contributed by atoms with Crippen molar-refractivity contribution < 1.29 is 5.06 Å². The predicted molar refractivity (Wildman–Crippen MR) is 30.8 cm³/mol. The Labute approximate surface area is 47.5 Å². The highest BCUT2D eigenvalue weighted by atomic mass is 32.2. The van der Waals surface area contributed by atoms with Crippen LogP contribution in [0.25, 0.3) is 0 Å². The molecule has 3 heteroatoms. The third-order valence-electron chi connectivity index (χ3n) is 0.922. The average molecular weight is 118 g/mol. The van der Waals surface area contributed by atoms with Gasteiger partial charge in [0.25, 0.3) is 0 Å². The first-order chi connectivity index (χ1) is 3.39. The number of hydroxylamine groups is 2. The molecular formula is C4H8NOS. The third-order valence-corrected chi connectivity index (χ3v) is 1.82. The monoisotopic (exact) mass is 118 g/mol. The minimum Gasteiger partial charge on any atom is -0.634 e. The van der Waals surface area contributed by atoms with Crippen LogP contribution in [0, 0.1) is 11.8 Å². The maximum Gasteiger partial charge on any atom is 0.150 e. The van der Waals surface area contributed by atoms with Crippen LogP contribution in [0.15, 0.2) is 0 Å². The first kappa shape index (κ1) is 5.41. The van der Waals surface area contributed by atoms with E-state index < -0.39 is 0 Å². The molecule has 0 spiro atoms. The molecule has 1 saturated heterocycles. The van der Waals surface area contributed by atoms with Crippen LogP contribution < -0.4 is 5.06 Å². The molecule has 0 aromatic carbocycles. The van der Waals surface area contributed by atoms with Gasteiger partial charge in [0.15, 0.2) is 0 Å². The summed E-state index contributed by atoms with van der Waals surface area (Å²) in [7, 11) is 0. The summed E-state index contributed by atoms with van der Waals surface area (Å²) >= 11 is 1.82. The van der Waals surface area contributed by atoms with Crippen LogP contribution in [0.2, 0.25) is 0 Å². The van der Waals surface area contributed by atoms with Gasteiger partial charge in [0.05, 0.1) is 12.3 Å². The Morgan fingerprint density at radius 1 is 1.71 bits per heavy atom. The molecule has 0 aromatic heterocycles. The molecule has 1 radical (unpaired) electrons. The predicted octanol–water partition coefficient (Wildman–Crippen LogP) is -0.722. The lowest BCUT2D eigenvalue weighted by Crippen LogP contribution is -3.06. The molecule has 1 heterocycles. The minimum absolute atomic E-state index is 0.318. The van der Waals surface area contributed by atoms with E-state index in [1.165, 1.54) is 0 Å². The van der Waals surface area contributed by atoms with Crippen LogP contribution in [0.4, 0.5) is 0 Å². The van der Waals surface area contributed by atoms with E-state index in [1.807, 2.05) is 11.8 Å². The van der Waals surface area contributed by atoms with Crippen molar-refractivity contribution in [1.82, 2.24) is 0 Å². The molecule has 1 aliphatic heterocycles. The van der Waals surface area contributed by atoms with E-state index in [9.17, 15) is 5.21 Å². The first-order valence-corrected chi connectivity index (χ1v) is 3.49. The van der Waals surface area contributed by atoms with Gasteiger partial charge in [-0.05, 0) is 0 Å². The Bertz CT molecular complexity index is 53.7. The van der Waals surface area contributed by atoms with Crippen LogP contribution in [0.3, 0.4) is 0 Å². The van der Waals surface area contributed by atoms with Crippen LogP contribution in [0.5, 0.6) is 0 Å². The van der Waals surface area contributed by atoms with E-state index in [0.29, 0.717) is 5.06 Å². The Balaban J connectivity index is 2.12. The van der Waals surface area contributed by atoms with Gasteiger partial charge in [0.2, 0.25) is 0 Å². The SMILES string of the molecule is [O-][NH+]1[CH]CSCC1. The molecule has 0 amide bonds. The van der Waals surface area contributed by atoms with Gasteiger partial charge in [0, 0.05) is 5.75 Å². The Morgan fingerprint density at radius 3 is 2.86 bits per heavy atom. The summed E-state index contributed by atoms with van der Waals surface area (Å²) in [4.78, 5) is 0. The molecule has 0 saturated carbocycles. The van der Waals surface area contributed by atoms with Crippen molar-refractivity contribution in [2.75, 3.05) is 18.1 Å². The summed E-state index contributed by atoms with van der Waals surface area (Å²) < 4.78 is 0. The molecule has 2 nitrogen and oxygen atoms in total. The quantitative estimate of drug-likeness (QED) is 0.425. The Morgan fingerprint density at radius 2 is 2.57 bits per heavy atom. The highest BCUT2D eigenvalue weighted by molar-refractivity contribution is 7.99. The number of hydrogen-bond acceptors (Lipinski definition) is 2. The number of thioether (sulfide) groups is 1. The summed E-state index contributed by atoms with van der Waals surface area (Å²) in [5, 5.41) is 10.7. The molecule has 1 N–H and O–H groups in total. The highest BCUT2D eigenvalue weighted by Crippen LogP contribution is 1.99. The van der Waals surface area contributed by atoms with Gasteiger partial charge in [-0.15, -0.1) is 11.8 Å². The smallest absolute Gasteiger partial charge is 0.150 e. The topological polar surface area (TPSA) is 27.5 Å². The van der Waals surface area contributed by atoms with Crippen molar-refractivity contribution in [2.45, 2.75) is 0 Å². The van der Waals surface area contributed by atoms with Gasteiger partial charge in [0.1, 0.15) is 6.54 Å². The van der Waals surface area contributed by atoms with E-state index in [0.717, 1.165) is 18.1 Å². The Hall–Kier alpha value is 0.270. The van der Waals surface area contributed by atoms with E-state index in [1.54, 1.807) is 6.54 Å². The molecule has 1 unspecified atom stereocenters. The average Bonchev–Trinajstić information content (AvgIpc) is 1.69. The highest BCUT2D eigenvalue weighted by Gasteiger charge is 2.04. The van der Waals surface area contributed by atoms with Gasteiger partial charge in [-0.25, -0.2) is 0 Å². The van der Waals surface area contributed by atoms with E-state index in [2.05, 4.69) is 0 Å². The fourth-order valence-electron chi connectivity index (χ4n) is 0.510. The molecule has 7 heavy (non-hydrogen) atoms. The van der Waals surface area contributed by atoms with E-state index >= 15 is 0 Å². The molecule has 1 aliphatic rings. The van der Waals surface area contributed by atoms with Gasteiger partial charge < -0.3 is 10.3 Å². The van der Waals surface area contributed by atoms with E-state index in [4.69, 9.17) is 0 Å². The molecule has 1 atom stereocenters. The molecule has 1 fully saturated rings. The molecule has 0 bridgehead atoms. The first-order valence-electron chi connectivity index (χ1n) is 2.33. The zero-order valence-corrected chi connectivity index (χ0v) is 4.83. The Kier molecular flexibility index (Phi) is 1.97. The number of hydrogen-bond donors (Lipinski definition) is 1. The summed E-state index contributed by atoms with van der Waals surface area (Å²) in [6, 6.07) is 0. The lowest BCUT2D eigenvalue weighted by atomic mass is 10.6. The molecular weight excluding hydrogens is 110 g/mol. The lowest BCUT2D eigenvalue weighted by Gasteiger charge is -2.24. The van der Waals surface area contributed by atoms with Crippen LogP contribution in [0.1, 0.15) is 0 Å². The number of quaternary nitrogens is 1. The second-order valence-electron chi connectivity index (χ2n) is 1.50. The van der Waals surface area contributed by atoms with Crippen molar-refractivity contribution in [1.29, 1.82) is 0 Å². The van der Waals surface area contributed by atoms with Crippen molar-refractivity contribution >= 4 is 11.8 Å². The minimum atomic E-state index is 0.318. The van der Waals surface area contributed by atoms with Crippen LogP contribution in [-0.4, -0.2) is 18.1 Å². The fraction of sp³-hybridized carbons (Fsp3) is 0.750. The van der Waals surface area contributed by atoms with Gasteiger partial charge >= 0.3 is 0 Å². The summed E-state index contributed by atoms with van der Waals surface area (Å²) in [5.41, 5.74) is 0. The van der Waals surface area contributed by atoms with Gasteiger partial charge in [-0.2, -0.15) is 0 Å². The van der Waals surface area contributed by atoms with Crippen LogP contribution >= 0.6 is 11.8 Å². The standard InChI is InChI=1S/C4H8NOS/c6-5-1-3-7-4-2-5/h1,5H,2-4H2. The zero-order valence-electron chi connectivity index (χ0n) is 4.02. The van der Waals surface area contributed by atoms with Gasteiger partial charge in [-0.3, -0.25) is 0 Å². The van der Waals surface area contributed by atoms with Crippen molar-refractivity contribution in [2.24, 2.45) is 0 Å². The van der Waals surface area contributed by atoms with Crippen molar-refractivity contribution in [3.8, 4) is 0 Å². The summed E-state index contributed by atoms with van der Waals surface area (Å²) in [5.74, 6) is 1.95. The number of nitrogens with one attached hydrogen (secondary N) is 1. The molecule has 41 valence electrons. The van der Waals surface area contributed by atoms with Gasteiger partial charge in [-0.1, -0.05) is 0 Å². The normalized spacial score (nSPS) is 25.3. The molecule has 0 aliphatic carbocycles.